The Morgan fingerprint density at radius 2 is 2.11 bits per heavy atom. The molecule has 0 radical (unpaired) electrons. The fraction of sp³-hybridized carbons (Fsp3) is 0.0833. The molecule has 0 bridgehead atoms. The number of hydrogen-bond acceptors (Lipinski definition) is 3. The van der Waals surface area contributed by atoms with E-state index in [4.69, 9.17) is 5.11 Å². The molecule has 1 N–H and O–H groups in total. The highest BCUT2D eigenvalue weighted by Gasteiger charge is 2.06. The highest BCUT2D eigenvalue weighted by Crippen LogP contribution is 2.19. The molecule has 0 saturated heterocycles. The van der Waals surface area contributed by atoms with Crippen molar-refractivity contribution in [2.45, 2.75) is 6.54 Å². The predicted octanol–water partition coefficient (Wildman–Crippen LogP) is 1.76. The number of carboxylic acid groups (broad SMARTS) is 1. The zero-order valence-electron chi connectivity index (χ0n) is 9.21. The first-order valence-electron chi connectivity index (χ1n) is 5.12. The van der Waals surface area contributed by atoms with Crippen LogP contribution in [0.3, 0.4) is 0 Å². The quantitative estimate of drug-likeness (QED) is 0.937. The smallest absolute Gasteiger partial charge is 0.325 e. The van der Waals surface area contributed by atoms with Crippen LogP contribution in [0, 0.1) is 0 Å². The summed E-state index contributed by atoms with van der Waals surface area (Å²) in [5.41, 5.74) is 0.928. The molecule has 0 saturated carbocycles. The van der Waals surface area contributed by atoms with Gasteiger partial charge in [-0.25, -0.2) is 4.68 Å². The van der Waals surface area contributed by atoms with Gasteiger partial charge in [0.2, 0.25) is 0 Å². The molecule has 1 heterocycles. The van der Waals surface area contributed by atoms with Crippen LogP contribution in [0.5, 0.6) is 0 Å². The van der Waals surface area contributed by atoms with E-state index in [0.29, 0.717) is 5.69 Å². The SMILES string of the molecule is O=C(O)Cn1nc(-c2cccc(Br)c2)ccc1=O. The van der Waals surface area contributed by atoms with Gasteiger partial charge in [0, 0.05) is 16.1 Å². The van der Waals surface area contributed by atoms with Gasteiger partial charge in [-0.05, 0) is 18.2 Å². The molecular weight excluding hydrogens is 300 g/mol. The predicted molar refractivity (Wildman–Crippen MR) is 69.3 cm³/mol. The maximum Gasteiger partial charge on any atom is 0.325 e. The fourth-order valence-electron chi connectivity index (χ4n) is 1.49. The highest BCUT2D eigenvalue weighted by molar-refractivity contribution is 9.10. The second-order valence-corrected chi connectivity index (χ2v) is 4.53. The number of benzene rings is 1. The molecule has 0 aliphatic rings. The van der Waals surface area contributed by atoms with Gasteiger partial charge in [0.1, 0.15) is 6.54 Å². The Hall–Kier alpha value is -1.95. The second kappa shape index (κ2) is 5.14. The van der Waals surface area contributed by atoms with Crippen molar-refractivity contribution in [2.24, 2.45) is 0 Å². The first kappa shape index (κ1) is 12.5. The second-order valence-electron chi connectivity index (χ2n) is 3.62. The van der Waals surface area contributed by atoms with Gasteiger partial charge in [-0.15, -0.1) is 0 Å². The Morgan fingerprint density at radius 1 is 1.33 bits per heavy atom. The van der Waals surface area contributed by atoms with E-state index in [1.165, 1.54) is 6.07 Å². The van der Waals surface area contributed by atoms with Gasteiger partial charge in [0.25, 0.3) is 5.56 Å². The van der Waals surface area contributed by atoms with Crippen molar-refractivity contribution in [1.29, 1.82) is 0 Å². The van der Waals surface area contributed by atoms with Gasteiger partial charge in [0.15, 0.2) is 0 Å². The number of carbonyl (C=O) groups is 1. The van der Waals surface area contributed by atoms with E-state index >= 15 is 0 Å². The number of halogens is 1. The van der Waals surface area contributed by atoms with Gasteiger partial charge >= 0.3 is 5.97 Å². The van der Waals surface area contributed by atoms with E-state index in [1.807, 2.05) is 24.3 Å². The van der Waals surface area contributed by atoms with Crippen molar-refractivity contribution in [3.63, 3.8) is 0 Å². The molecule has 0 atom stereocenters. The topological polar surface area (TPSA) is 72.2 Å². The molecule has 6 heteroatoms. The summed E-state index contributed by atoms with van der Waals surface area (Å²) in [6.45, 7) is -0.444. The molecule has 1 aromatic carbocycles. The number of rotatable bonds is 3. The monoisotopic (exact) mass is 308 g/mol. The molecule has 0 aliphatic heterocycles. The van der Waals surface area contributed by atoms with E-state index in [2.05, 4.69) is 21.0 Å². The van der Waals surface area contributed by atoms with Crippen LogP contribution in [0.15, 0.2) is 45.7 Å². The van der Waals surface area contributed by atoms with Crippen LogP contribution in [0.25, 0.3) is 11.3 Å². The molecule has 1 aromatic heterocycles. The lowest BCUT2D eigenvalue weighted by Crippen LogP contribution is -2.26. The average Bonchev–Trinajstić information content (AvgIpc) is 2.31. The molecule has 0 unspecified atom stereocenters. The van der Waals surface area contributed by atoms with Crippen LogP contribution in [0.2, 0.25) is 0 Å². The third-order valence-corrected chi connectivity index (χ3v) is 2.77. The van der Waals surface area contributed by atoms with Crippen molar-refractivity contribution in [3.05, 3.63) is 51.2 Å². The van der Waals surface area contributed by atoms with Gasteiger partial charge in [-0.1, -0.05) is 28.1 Å². The number of aliphatic carboxylic acids is 1. The van der Waals surface area contributed by atoms with Crippen molar-refractivity contribution in [3.8, 4) is 11.3 Å². The van der Waals surface area contributed by atoms with E-state index < -0.39 is 18.1 Å². The van der Waals surface area contributed by atoms with Crippen LogP contribution in [-0.4, -0.2) is 20.9 Å². The van der Waals surface area contributed by atoms with E-state index in [9.17, 15) is 9.59 Å². The molecule has 5 nitrogen and oxygen atoms in total. The van der Waals surface area contributed by atoms with Crippen LogP contribution >= 0.6 is 15.9 Å². The molecule has 18 heavy (non-hydrogen) atoms. The number of carboxylic acids is 1. The van der Waals surface area contributed by atoms with Crippen molar-refractivity contribution < 1.29 is 9.90 Å². The van der Waals surface area contributed by atoms with Gasteiger partial charge in [0.05, 0.1) is 5.69 Å². The lowest BCUT2D eigenvalue weighted by molar-refractivity contribution is -0.138. The van der Waals surface area contributed by atoms with E-state index in [-0.39, 0.29) is 0 Å². The minimum atomic E-state index is -1.10. The molecular formula is C12H9BrN2O3. The lowest BCUT2D eigenvalue weighted by Gasteiger charge is -2.05. The van der Waals surface area contributed by atoms with Crippen molar-refractivity contribution in [1.82, 2.24) is 9.78 Å². The summed E-state index contributed by atoms with van der Waals surface area (Å²) >= 11 is 3.34. The maximum atomic E-state index is 11.4. The summed E-state index contributed by atoms with van der Waals surface area (Å²) < 4.78 is 1.82. The van der Waals surface area contributed by atoms with Crippen molar-refractivity contribution in [2.75, 3.05) is 0 Å². The molecule has 2 rings (SSSR count). The standard InChI is InChI=1S/C12H9BrN2O3/c13-9-3-1-2-8(6-9)10-4-5-11(16)15(14-10)7-12(17)18/h1-6H,7H2,(H,17,18). The van der Waals surface area contributed by atoms with Crippen LogP contribution in [0.4, 0.5) is 0 Å². The zero-order valence-corrected chi connectivity index (χ0v) is 10.8. The van der Waals surface area contributed by atoms with E-state index in [0.717, 1.165) is 14.7 Å². The summed E-state index contributed by atoms with van der Waals surface area (Å²) in [6.07, 6.45) is 0. The molecule has 0 spiro atoms. The minimum Gasteiger partial charge on any atom is -0.480 e. The van der Waals surface area contributed by atoms with Gasteiger partial charge in [-0.2, -0.15) is 5.10 Å². The third-order valence-electron chi connectivity index (χ3n) is 2.27. The largest absolute Gasteiger partial charge is 0.480 e. The number of hydrogen-bond donors (Lipinski definition) is 1. The molecule has 0 amide bonds. The zero-order chi connectivity index (χ0) is 13.1. The summed E-state index contributed by atoms with van der Waals surface area (Å²) in [6, 6.07) is 10.3. The molecule has 2 aromatic rings. The highest BCUT2D eigenvalue weighted by atomic mass is 79.9. The Balaban J connectivity index is 2.47. The van der Waals surface area contributed by atoms with Gasteiger partial charge in [-0.3, -0.25) is 9.59 Å². The van der Waals surface area contributed by atoms with Crippen LogP contribution in [0.1, 0.15) is 0 Å². The minimum absolute atomic E-state index is 0.434. The summed E-state index contributed by atoms with van der Waals surface area (Å²) in [5, 5.41) is 12.7. The lowest BCUT2D eigenvalue weighted by atomic mass is 10.1. The third kappa shape index (κ3) is 2.84. The number of nitrogens with zero attached hydrogens (tertiary/aromatic N) is 2. The first-order chi connectivity index (χ1) is 8.56. The molecule has 92 valence electrons. The normalized spacial score (nSPS) is 10.3. The average molecular weight is 309 g/mol. The van der Waals surface area contributed by atoms with Crippen LogP contribution in [-0.2, 0) is 11.3 Å². The summed E-state index contributed by atoms with van der Waals surface area (Å²) in [5.74, 6) is -1.10. The Morgan fingerprint density at radius 3 is 2.78 bits per heavy atom. The summed E-state index contributed by atoms with van der Waals surface area (Å²) in [4.78, 5) is 22.0. The fourth-order valence-corrected chi connectivity index (χ4v) is 1.89. The van der Waals surface area contributed by atoms with Gasteiger partial charge < -0.3 is 5.11 Å². The Bertz CT molecular complexity index is 652. The molecule has 0 aliphatic carbocycles. The number of aromatic nitrogens is 2. The Labute approximate surface area is 111 Å². The first-order valence-corrected chi connectivity index (χ1v) is 5.91. The van der Waals surface area contributed by atoms with Crippen LogP contribution < -0.4 is 5.56 Å². The van der Waals surface area contributed by atoms with E-state index in [1.54, 1.807) is 6.07 Å². The maximum absolute atomic E-state index is 11.4. The Kier molecular flexibility index (Phi) is 3.57. The molecule has 0 fully saturated rings. The summed E-state index contributed by atoms with van der Waals surface area (Å²) in [7, 11) is 0. The van der Waals surface area contributed by atoms with Crippen molar-refractivity contribution >= 4 is 21.9 Å².